The third-order valence-corrected chi connectivity index (χ3v) is 4.24. The van der Waals surface area contributed by atoms with Gasteiger partial charge in [-0.25, -0.2) is 0 Å². The summed E-state index contributed by atoms with van der Waals surface area (Å²) in [5.74, 6) is 0.735. The molecule has 0 bridgehead atoms. The second-order valence-corrected chi connectivity index (χ2v) is 6.08. The zero-order valence-corrected chi connectivity index (χ0v) is 12.8. The highest BCUT2D eigenvalue weighted by molar-refractivity contribution is 6.30. The van der Waals surface area contributed by atoms with Gasteiger partial charge in [0.15, 0.2) is 0 Å². The lowest BCUT2D eigenvalue weighted by molar-refractivity contribution is 0.165. The van der Waals surface area contributed by atoms with E-state index in [4.69, 9.17) is 11.6 Å². The maximum absolute atomic E-state index is 6.03. The molecule has 2 atom stereocenters. The number of halogens is 1. The molecule has 19 heavy (non-hydrogen) atoms. The Kier molecular flexibility index (Phi) is 5.53. The average Bonchev–Trinajstić information content (AvgIpc) is 2.39. The first-order valence-electron chi connectivity index (χ1n) is 7.43. The number of rotatable bonds is 5. The Morgan fingerprint density at radius 1 is 1.47 bits per heavy atom. The van der Waals surface area contributed by atoms with Gasteiger partial charge in [-0.15, -0.1) is 0 Å². The topological polar surface area (TPSA) is 15.3 Å². The Balaban J connectivity index is 1.90. The number of nitrogens with one attached hydrogen (secondary N) is 1. The average molecular weight is 281 g/mol. The molecule has 106 valence electrons. The van der Waals surface area contributed by atoms with Crippen LogP contribution in [0.15, 0.2) is 24.3 Å². The van der Waals surface area contributed by atoms with Crippen molar-refractivity contribution < 1.29 is 0 Å². The molecular weight excluding hydrogens is 256 g/mol. The van der Waals surface area contributed by atoms with Gasteiger partial charge in [-0.1, -0.05) is 24.6 Å². The first kappa shape index (κ1) is 14.7. The highest BCUT2D eigenvalue weighted by Gasteiger charge is 2.24. The standard InChI is InChI=1S/C16H25ClN2/c1-3-9-19-10-5-6-14(12-19)13(2)18-16-8-4-7-15(17)11-16/h4,7-8,11,13-14,18H,3,5-6,9-10,12H2,1-2H3. The van der Waals surface area contributed by atoms with Crippen molar-refractivity contribution in [2.45, 2.75) is 39.2 Å². The van der Waals surface area contributed by atoms with Gasteiger partial charge in [0, 0.05) is 23.3 Å². The zero-order valence-electron chi connectivity index (χ0n) is 12.0. The molecule has 0 aromatic heterocycles. The van der Waals surface area contributed by atoms with E-state index in [-0.39, 0.29) is 0 Å². The molecule has 1 heterocycles. The molecule has 1 fully saturated rings. The predicted molar refractivity (Wildman–Crippen MR) is 84.0 cm³/mol. The number of anilines is 1. The summed E-state index contributed by atoms with van der Waals surface area (Å²) in [7, 11) is 0. The highest BCUT2D eigenvalue weighted by atomic mass is 35.5. The van der Waals surface area contributed by atoms with E-state index in [1.165, 1.54) is 38.9 Å². The van der Waals surface area contributed by atoms with E-state index in [1.807, 2.05) is 18.2 Å². The lowest BCUT2D eigenvalue weighted by Crippen LogP contribution is -2.42. The molecule has 0 aliphatic carbocycles. The molecule has 3 heteroatoms. The van der Waals surface area contributed by atoms with Crippen molar-refractivity contribution in [1.82, 2.24) is 4.90 Å². The van der Waals surface area contributed by atoms with E-state index in [2.05, 4.69) is 30.1 Å². The Hall–Kier alpha value is -0.730. The summed E-state index contributed by atoms with van der Waals surface area (Å²) in [5.41, 5.74) is 1.13. The lowest BCUT2D eigenvalue weighted by atomic mass is 9.91. The number of nitrogens with zero attached hydrogens (tertiary/aromatic N) is 1. The summed E-state index contributed by atoms with van der Waals surface area (Å²) in [4.78, 5) is 2.60. The smallest absolute Gasteiger partial charge is 0.0426 e. The molecule has 2 rings (SSSR count). The minimum Gasteiger partial charge on any atom is -0.382 e. The van der Waals surface area contributed by atoms with Crippen LogP contribution in [0.1, 0.15) is 33.1 Å². The van der Waals surface area contributed by atoms with E-state index in [0.29, 0.717) is 6.04 Å². The number of likely N-dealkylation sites (tertiary alicyclic amines) is 1. The van der Waals surface area contributed by atoms with E-state index >= 15 is 0 Å². The van der Waals surface area contributed by atoms with Gasteiger partial charge in [0.25, 0.3) is 0 Å². The third-order valence-electron chi connectivity index (χ3n) is 4.01. The molecule has 1 saturated heterocycles. The molecule has 1 aromatic carbocycles. The van der Waals surface area contributed by atoms with Crippen molar-refractivity contribution >= 4 is 17.3 Å². The van der Waals surface area contributed by atoms with Gasteiger partial charge in [-0.05, 0) is 63.4 Å². The second-order valence-electron chi connectivity index (χ2n) is 5.65. The fourth-order valence-electron chi connectivity index (χ4n) is 2.98. The molecule has 1 N–H and O–H groups in total. The van der Waals surface area contributed by atoms with Crippen molar-refractivity contribution in [2.24, 2.45) is 5.92 Å². The van der Waals surface area contributed by atoms with E-state index in [1.54, 1.807) is 0 Å². The quantitative estimate of drug-likeness (QED) is 0.867. The van der Waals surface area contributed by atoms with Gasteiger partial charge in [-0.2, -0.15) is 0 Å². The Bertz CT molecular complexity index is 392. The molecule has 0 radical (unpaired) electrons. The molecule has 2 nitrogen and oxygen atoms in total. The van der Waals surface area contributed by atoms with Gasteiger partial charge in [0.05, 0.1) is 0 Å². The minimum absolute atomic E-state index is 0.498. The summed E-state index contributed by atoms with van der Waals surface area (Å²) >= 11 is 6.03. The molecule has 0 saturated carbocycles. The fourth-order valence-corrected chi connectivity index (χ4v) is 3.17. The predicted octanol–water partition coefficient (Wildman–Crippen LogP) is 4.26. The molecule has 1 aliphatic rings. The highest BCUT2D eigenvalue weighted by Crippen LogP contribution is 2.23. The zero-order chi connectivity index (χ0) is 13.7. The van der Waals surface area contributed by atoms with Crippen LogP contribution >= 0.6 is 11.6 Å². The van der Waals surface area contributed by atoms with Crippen molar-refractivity contribution in [1.29, 1.82) is 0 Å². The summed E-state index contributed by atoms with van der Waals surface area (Å²) < 4.78 is 0. The van der Waals surface area contributed by atoms with E-state index < -0.39 is 0 Å². The number of piperidine rings is 1. The molecule has 0 amide bonds. The Morgan fingerprint density at radius 2 is 2.32 bits per heavy atom. The number of hydrogen-bond acceptors (Lipinski definition) is 2. The summed E-state index contributed by atoms with van der Waals surface area (Å²) in [5, 5.41) is 4.40. The van der Waals surface area contributed by atoms with Crippen LogP contribution in [0.4, 0.5) is 5.69 Å². The molecule has 1 aliphatic heterocycles. The minimum atomic E-state index is 0.498. The largest absolute Gasteiger partial charge is 0.382 e. The molecule has 2 unspecified atom stereocenters. The van der Waals surface area contributed by atoms with Crippen LogP contribution < -0.4 is 5.32 Å². The molecule has 0 spiro atoms. The van der Waals surface area contributed by atoms with Crippen LogP contribution in [0.2, 0.25) is 5.02 Å². The molecular formula is C16H25ClN2. The fraction of sp³-hybridized carbons (Fsp3) is 0.625. The lowest BCUT2D eigenvalue weighted by Gasteiger charge is -2.36. The number of hydrogen-bond donors (Lipinski definition) is 1. The maximum atomic E-state index is 6.03. The van der Waals surface area contributed by atoms with Crippen LogP contribution in [0.3, 0.4) is 0 Å². The van der Waals surface area contributed by atoms with E-state index in [0.717, 1.165) is 16.6 Å². The summed E-state index contributed by atoms with van der Waals surface area (Å²) in [6.07, 6.45) is 3.91. The summed E-state index contributed by atoms with van der Waals surface area (Å²) in [6.45, 7) is 8.29. The van der Waals surface area contributed by atoms with Gasteiger partial charge < -0.3 is 10.2 Å². The van der Waals surface area contributed by atoms with Gasteiger partial charge in [-0.3, -0.25) is 0 Å². The van der Waals surface area contributed by atoms with Crippen LogP contribution in [-0.2, 0) is 0 Å². The first-order valence-corrected chi connectivity index (χ1v) is 7.81. The van der Waals surface area contributed by atoms with Crippen molar-refractivity contribution in [3.8, 4) is 0 Å². The van der Waals surface area contributed by atoms with Crippen LogP contribution in [0.5, 0.6) is 0 Å². The SMILES string of the molecule is CCCN1CCCC(C(C)Nc2cccc(Cl)c2)C1. The normalized spacial score (nSPS) is 22.2. The van der Waals surface area contributed by atoms with Crippen molar-refractivity contribution in [2.75, 3.05) is 25.0 Å². The van der Waals surface area contributed by atoms with Gasteiger partial charge >= 0.3 is 0 Å². The van der Waals surface area contributed by atoms with Crippen LogP contribution in [0, 0.1) is 5.92 Å². The Morgan fingerprint density at radius 3 is 3.05 bits per heavy atom. The van der Waals surface area contributed by atoms with Gasteiger partial charge in [0.2, 0.25) is 0 Å². The van der Waals surface area contributed by atoms with Gasteiger partial charge in [0.1, 0.15) is 0 Å². The third kappa shape index (κ3) is 4.39. The second kappa shape index (κ2) is 7.16. The maximum Gasteiger partial charge on any atom is 0.0426 e. The summed E-state index contributed by atoms with van der Waals surface area (Å²) in [6, 6.07) is 8.51. The molecule has 1 aromatic rings. The van der Waals surface area contributed by atoms with Crippen LogP contribution in [0.25, 0.3) is 0 Å². The van der Waals surface area contributed by atoms with E-state index in [9.17, 15) is 0 Å². The first-order chi connectivity index (χ1) is 9.19. The monoisotopic (exact) mass is 280 g/mol. The number of benzene rings is 1. The van der Waals surface area contributed by atoms with Crippen LogP contribution in [-0.4, -0.2) is 30.6 Å². The Labute approximate surface area is 122 Å². The van der Waals surface area contributed by atoms with Crippen molar-refractivity contribution in [3.05, 3.63) is 29.3 Å². The van der Waals surface area contributed by atoms with Crippen molar-refractivity contribution in [3.63, 3.8) is 0 Å².